The van der Waals surface area contributed by atoms with Crippen molar-refractivity contribution in [2.75, 3.05) is 13.6 Å². The molecule has 1 N–H and O–H groups in total. The molecule has 0 atom stereocenters. The minimum atomic E-state index is -0.864. The van der Waals surface area contributed by atoms with E-state index in [1.807, 2.05) is 0 Å². The molecule has 0 spiro atoms. The highest BCUT2D eigenvalue weighted by Crippen LogP contribution is 2.01. The lowest BCUT2D eigenvalue weighted by Crippen LogP contribution is -2.28. The molecule has 82 valence electrons. The topological polar surface area (TPSA) is 83.6 Å². The van der Waals surface area contributed by atoms with Gasteiger partial charge in [0.05, 0.1) is 0 Å². The van der Waals surface area contributed by atoms with E-state index >= 15 is 0 Å². The Balaban J connectivity index is 2.37. The van der Waals surface area contributed by atoms with Crippen LogP contribution >= 0.6 is 0 Å². The molecule has 0 saturated heterocycles. The maximum absolute atomic E-state index is 11.5. The number of aromatic nitrogens is 1. The van der Waals surface area contributed by atoms with Crippen LogP contribution in [0.5, 0.6) is 0 Å². The maximum atomic E-state index is 11.5. The number of carboxylic acid groups (broad SMARTS) is 1. The minimum Gasteiger partial charge on any atom is -0.481 e. The number of hydrogen-bond acceptors (Lipinski definition) is 4. The highest BCUT2D eigenvalue weighted by Gasteiger charge is 2.14. The summed E-state index contributed by atoms with van der Waals surface area (Å²) in [5.41, 5.74) is 0.229. The van der Waals surface area contributed by atoms with Crippen molar-refractivity contribution in [1.82, 2.24) is 10.1 Å². The molecule has 6 heteroatoms. The molecule has 0 bridgehead atoms. The van der Waals surface area contributed by atoms with Crippen LogP contribution in [0.3, 0.4) is 0 Å². The predicted octanol–water partition coefficient (Wildman–Crippen LogP) is 0.611. The number of nitrogens with zero attached hydrogens (tertiary/aromatic N) is 2. The van der Waals surface area contributed by atoms with E-state index in [0.29, 0.717) is 13.0 Å². The fraction of sp³-hybridized carbons (Fsp3) is 0.444. The number of carbonyl (C=O) groups is 2. The molecule has 0 aliphatic heterocycles. The lowest BCUT2D eigenvalue weighted by Gasteiger charge is -2.14. The van der Waals surface area contributed by atoms with Crippen LogP contribution in [0.4, 0.5) is 0 Å². The summed E-state index contributed by atoms with van der Waals surface area (Å²) < 4.78 is 4.54. The van der Waals surface area contributed by atoms with Crippen LogP contribution in [0.15, 0.2) is 16.9 Å². The lowest BCUT2D eigenvalue weighted by atomic mass is 10.3. The highest BCUT2D eigenvalue weighted by molar-refractivity contribution is 5.91. The van der Waals surface area contributed by atoms with E-state index in [1.165, 1.54) is 17.2 Å². The summed E-state index contributed by atoms with van der Waals surface area (Å²) in [7, 11) is 1.60. The average molecular weight is 212 g/mol. The van der Waals surface area contributed by atoms with E-state index in [9.17, 15) is 9.59 Å². The molecule has 15 heavy (non-hydrogen) atoms. The quantitative estimate of drug-likeness (QED) is 0.773. The summed E-state index contributed by atoms with van der Waals surface area (Å²) in [6, 6.07) is 1.47. The summed E-state index contributed by atoms with van der Waals surface area (Å²) in [5.74, 6) is -1.13. The van der Waals surface area contributed by atoms with Crippen LogP contribution in [-0.2, 0) is 4.79 Å². The Kier molecular flexibility index (Phi) is 3.84. The van der Waals surface area contributed by atoms with Gasteiger partial charge < -0.3 is 14.5 Å². The zero-order chi connectivity index (χ0) is 11.3. The average Bonchev–Trinajstić information content (AvgIpc) is 2.68. The van der Waals surface area contributed by atoms with Crippen molar-refractivity contribution in [3.05, 3.63) is 18.0 Å². The van der Waals surface area contributed by atoms with Crippen LogP contribution in [0.25, 0.3) is 0 Å². The molecule has 6 nitrogen and oxygen atoms in total. The predicted molar refractivity (Wildman–Crippen MR) is 50.3 cm³/mol. The smallest absolute Gasteiger partial charge is 0.303 e. The zero-order valence-corrected chi connectivity index (χ0v) is 8.34. The van der Waals surface area contributed by atoms with E-state index in [1.54, 1.807) is 7.05 Å². The van der Waals surface area contributed by atoms with Gasteiger partial charge in [0, 0.05) is 26.1 Å². The highest BCUT2D eigenvalue weighted by atomic mass is 16.5. The first-order chi connectivity index (χ1) is 7.11. The molecule has 0 aromatic carbocycles. The Morgan fingerprint density at radius 2 is 2.33 bits per heavy atom. The van der Waals surface area contributed by atoms with Gasteiger partial charge >= 0.3 is 5.97 Å². The minimum absolute atomic E-state index is 0.0520. The molecule has 0 saturated carbocycles. The fourth-order valence-electron chi connectivity index (χ4n) is 1.09. The van der Waals surface area contributed by atoms with Gasteiger partial charge in [-0.05, 0) is 6.42 Å². The number of rotatable bonds is 5. The first-order valence-electron chi connectivity index (χ1n) is 4.49. The van der Waals surface area contributed by atoms with Crippen molar-refractivity contribution in [3.8, 4) is 0 Å². The molecule has 0 fully saturated rings. The number of aliphatic carboxylic acids is 1. The van der Waals surface area contributed by atoms with Gasteiger partial charge in [-0.2, -0.15) is 0 Å². The largest absolute Gasteiger partial charge is 0.481 e. The van der Waals surface area contributed by atoms with Crippen LogP contribution in [-0.4, -0.2) is 40.6 Å². The zero-order valence-electron chi connectivity index (χ0n) is 8.34. The van der Waals surface area contributed by atoms with Crippen LogP contribution in [0.2, 0.25) is 0 Å². The molecule has 1 heterocycles. The molecule has 1 rings (SSSR count). The van der Waals surface area contributed by atoms with Gasteiger partial charge in [0.2, 0.25) is 0 Å². The molecule has 0 aliphatic carbocycles. The second kappa shape index (κ2) is 5.14. The van der Waals surface area contributed by atoms with Gasteiger partial charge in [0.25, 0.3) is 5.91 Å². The van der Waals surface area contributed by atoms with Gasteiger partial charge in [0.1, 0.15) is 6.26 Å². The Hall–Kier alpha value is -1.85. The number of carboxylic acids is 1. The molecule has 1 aromatic rings. The Labute approximate surface area is 86.5 Å². The summed E-state index contributed by atoms with van der Waals surface area (Å²) in [5, 5.41) is 11.9. The van der Waals surface area contributed by atoms with E-state index in [-0.39, 0.29) is 18.0 Å². The maximum Gasteiger partial charge on any atom is 0.303 e. The molecular formula is C9H12N2O4. The lowest BCUT2D eigenvalue weighted by molar-refractivity contribution is -0.137. The van der Waals surface area contributed by atoms with Gasteiger partial charge in [-0.25, -0.2) is 0 Å². The van der Waals surface area contributed by atoms with Gasteiger partial charge in [-0.15, -0.1) is 0 Å². The van der Waals surface area contributed by atoms with Crippen molar-refractivity contribution in [3.63, 3.8) is 0 Å². The first-order valence-corrected chi connectivity index (χ1v) is 4.49. The third-order valence-electron chi connectivity index (χ3n) is 1.89. The summed E-state index contributed by atoms with van der Waals surface area (Å²) in [6.45, 7) is 0.387. The van der Waals surface area contributed by atoms with E-state index < -0.39 is 5.97 Å². The third-order valence-corrected chi connectivity index (χ3v) is 1.89. The van der Waals surface area contributed by atoms with Crippen LogP contribution in [0, 0.1) is 0 Å². The summed E-state index contributed by atoms with van der Waals surface area (Å²) >= 11 is 0. The molecule has 0 aliphatic rings. The fourth-order valence-corrected chi connectivity index (χ4v) is 1.09. The second-order valence-corrected chi connectivity index (χ2v) is 3.11. The van der Waals surface area contributed by atoms with Crippen molar-refractivity contribution >= 4 is 11.9 Å². The number of amides is 1. The van der Waals surface area contributed by atoms with Crippen molar-refractivity contribution in [1.29, 1.82) is 0 Å². The number of carbonyl (C=O) groups excluding carboxylic acids is 1. The van der Waals surface area contributed by atoms with E-state index in [4.69, 9.17) is 5.11 Å². The van der Waals surface area contributed by atoms with Crippen molar-refractivity contribution < 1.29 is 19.2 Å². The van der Waals surface area contributed by atoms with Gasteiger partial charge in [-0.3, -0.25) is 9.59 Å². The molecule has 1 aromatic heterocycles. The standard InChI is InChI=1S/C9H12N2O4/c1-11(5-2-3-8(12)13)9(14)7-4-6-15-10-7/h4,6H,2-3,5H2,1H3,(H,12,13). The summed E-state index contributed by atoms with van der Waals surface area (Å²) in [4.78, 5) is 23.2. The van der Waals surface area contributed by atoms with Crippen molar-refractivity contribution in [2.45, 2.75) is 12.8 Å². The van der Waals surface area contributed by atoms with Gasteiger partial charge in [-0.1, -0.05) is 5.16 Å². The molecule has 1 amide bonds. The monoisotopic (exact) mass is 212 g/mol. The Bertz CT molecular complexity index is 334. The van der Waals surface area contributed by atoms with Crippen LogP contribution < -0.4 is 0 Å². The first kappa shape index (κ1) is 11.2. The van der Waals surface area contributed by atoms with E-state index in [2.05, 4.69) is 9.68 Å². The Morgan fingerprint density at radius 1 is 1.60 bits per heavy atom. The third kappa shape index (κ3) is 3.41. The van der Waals surface area contributed by atoms with Crippen molar-refractivity contribution in [2.24, 2.45) is 0 Å². The number of hydrogen-bond donors (Lipinski definition) is 1. The Morgan fingerprint density at radius 3 is 2.87 bits per heavy atom. The van der Waals surface area contributed by atoms with Crippen LogP contribution in [0.1, 0.15) is 23.3 Å². The summed E-state index contributed by atoms with van der Waals surface area (Å²) in [6.07, 6.45) is 1.80. The van der Waals surface area contributed by atoms with Gasteiger partial charge in [0.15, 0.2) is 5.69 Å². The molecular weight excluding hydrogens is 200 g/mol. The normalized spacial score (nSPS) is 9.93. The molecule has 0 unspecified atom stereocenters. The SMILES string of the molecule is CN(CCCC(=O)O)C(=O)c1ccon1. The second-order valence-electron chi connectivity index (χ2n) is 3.11. The van der Waals surface area contributed by atoms with E-state index in [0.717, 1.165) is 0 Å². The molecule has 0 radical (unpaired) electrons.